The molecule has 1 aromatic rings. The SMILES string of the molecule is CN(C(=S)S)c1cccs1. The van der Waals surface area contributed by atoms with E-state index in [2.05, 4.69) is 12.6 Å². The number of anilines is 1. The molecule has 0 aliphatic carbocycles. The van der Waals surface area contributed by atoms with Gasteiger partial charge in [-0.3, -0.25) is 0 Å². The summed E-state index contributed by atoms with van der Waals surface area (Å²) in [5, 5.41) is 3.14. The first-order chi connectivity index (χ1) is 4.72. The van der Waals surface area contributed by atoms with Crippen molar-refractivity contribution in [2.24, 2.45) is 0 Å². The maximum absolute atomic E-state index is 4.86. The molecule has 54 valence electrons. The van der Waals surface area contributed by atoms with Crippen molar-refractivity contribution in [3.05, 3.63) is 17.5 Å². The Hall–Kier alpha value is -0.0600. The predicted octanol–water partition coefficient (Wildman–Crippen LogP) is 2.40. The van der Waals surface area contributed by atoms with E-state index in [4.69, 9.17) is 12.2 Å². The summed E-state index contributed by atoms with van der Waals surface area (Å²) < 4.78 is 0.599. The minimum atomic E-state index is 0.599. The summed E-state index contributed by atoms with van der Waals surface area (Å²) in [6.07, 6.45) is 0. The fourth-order valence-electron chi connectivity index (χ4n) is 0.555. The van der Waals surface area contributed by atoms with Crippen LogP contribution < -0.4 is 4.90 Å². The molecule has 0 atom stereocenters. The Labute approximate surface area is 75.1 Å². The average Bonchev–Trinajstić information content (AvgIpc) is 2.36. The van der Waals surface area contributed by atoms with Crippen molar-refractivity contribution in [1.29, 1.82) is 0 Å². The number of hydrogen-bond acceptors (Lipinski definition) is 2. The quantitative estimate of drug-likeness (QED) is 0.534. The van der Waals surface area contributed by atoms with Crippen LogP contribution in [0.5, 0.6) is 0 Å². The molecule has 0 radical (unpaired) electrons. The Morgan fingerprint density at radius 2 is 2.50 bits per heavy atom. The third-order valence-electron chi connectivity index (χ3n) is 1.12. The lowest BCUT2D eigenvalue weighted by Gasteiger charge is -2.12. The summed E-state index contributed by atoms with van der Waals surface area (Å²) in [5.74, 6) is 0. The van der Waals surface area contributed by atoms with Crippen LogP contribution in [0.25, 0.3) is 0 Å². The molecule has 1 rings (SSSR count). The monoisotopic (exact) mass is 189 g/mol. The van der Waals surface area contributed by atoms with Gasteiger partial charge in [-0.1, -0.05) is 12.2 Å². The first-order valence-electron chi connectivity index (χ1n) is 2.72. The zero-order chi connectivity index (χ0) is 7.56. The fourth-order valence-corrected chi connectivity index (χ4v) is 1.59. The summed E-state index contributed by atoms with van der Waals surface area (Å²) in [6.45, 7) is 0. The van der Waals surface area contributed by atoms with E-state index >= 15 is 0 Å². The maximum Gasteiger partial charge on any atom is 0.138 e. The molecule has 0 spiro atoms. The van der Waals surface area contributed by atoms with Crippen LogP contribution in [0, 0.1) is 0 Å². The minimum Gasteiger partial charge on any atom is -0.322 e. The normalized spacial score (nSPS) is 9.40. The molecule has 0 N–H and O–H groups in total. The van der Waals surface area contributed by atoms with Crippen molar-refractivity contribution in [3.8, 4) is 0 Å². The van der Waals surface area contributed by atoms with E-state index in [0.717, 1.165) is 5.00 Å². The van der Waals surface area contributed by atoms with Crippen molar-refractivity contribution in [1.82, 2.24) is 0 Å². The van der Waals surface area contributed by atoms with Crippen molar-refractivity contribution in [2.75, 3.05) is 11.9 Å². The molecule has 1 heterocycles. The molecule has 1 nitrogen and oxygen atoms in total. The van der Waals surface area contributed by atoms with Crippen LogP contribution in [0.3, 0.4) is 0 Å². The Kier molecular flexibility index (Phi) is 2.71. The van der Waals surface area contributed by atoms with Gasteiger partial charge in [0, 0.05) is 7.05 Å². The number of thiol groups is 1. The van der Waals surface area contributed by atoms with Gasteiger partial charge < -0.3 is 4.90 Å². The molecule has 0 bridgehead atoms. The summed E-state index contributed by atoms with van der Waals surface area (Å²) in [5.41, 5.74) is 0. The van der Waals surface area contributed by atoms with Gasteiger partial charge in [-0.05, 0) is 17.5 Å². The highest BCUT2D eigenvalue weighted by Crippen LogP contribution is 2.20. The lowest BCUT2D eigenvalue weighted by atomic mass is 10.6. The predicted molar refractivity (Wildman–Crippen MR) is 54.3 cm³/mol. The second kappa shape index (κ2) is 3.37. The highest BCUT2D eigenvalue weighted by atomic mass is 32.1. The van der Waals surface area contributed by atoms with Crippen LogP contribution in [0.4, 0.5) is 5.00 Å². The Balaban J connectivity index is 2.77. The van der Waals surface area contributed by atoms with E-state index in [1.54, 1.807) is 11.3 Å². The van der Waals surface area contributed by atoms with Gasteiger partial charge in [-0.2, -0.15) is 0 Å². The van der Waals surface area contributed by atoms with E-state index in [1.807, 2.05) is 29.5 Å². The summed E-state index contributed by atoms with van der Waals surface area (Å²) >= 11 is 10.6. The zero-order valence-electron chi connectivity index (χ0n) is 5.44. The van der Waals surface area contributed by atoms with Gasteiger partial charge in [-0.15, -0.1) is 24.0 Å². The van der Waals surface area contributed by atoms with E-state index in [1.165, 1.54) is 0 Å². The summed E-state index contributed by atoms with van der Waals surface area (Å²) in [7, 11) is 1.90. The molecule has 4 heteroatoms. The zero-order valence-corrected chi connectivity index (χ0v) is 7.97. The van der Waals surface area contributed by atoms with E-state index in [9.17, 15) is 0 Å². The van der Waals surface area contributed by atoms with Gasteiger partial charge in [-0.25, -0.2) is 0 Å². The molecular weight excluding hydrogens is 182 g/mol. The van der Waals surface area contributed by atoms with Gasteiger partial charge >= 0.3 is 0 Å². The molecule has 1 aromatic heterocycles. The highest BCUT2D eigenvalue weighted by Gasteiger charge is 2.01. The van der Waals surface area contributed by atoms with Crippen LogP contribution in [0.2, 0.25) is 0 Å². The Bertz CT molecular complexity index is 217. The maximum atomic E-state index is 4.86. The van der Waals surface area contributed by atoms with E-state index in [0.29, 0.717) is 4.32 Å². The van der Waals surface area contributed by atoms with Crippen LogP contribution >= 0.6 is 36.2 Å². The second-order valence-electron chi connectivity index (χ2n) is 1.79. The smallest absolute Gasteiger partial charge is 0.138 e. The molecule has 0 aliphatic heterocycles. The van der Waals surface area contributed by atoms with Crippen molar-refractivity contribution >= 4 is 45.5 Å². The van der Waals surface area contributed by atoms with Crippen molar-refractivity contribution in [3.63, 3.8) is 0 Å². The van der Waals surface area contributed by atoms with Crippen LogP contribution in [-0.4, -0.2) is 11.4 Å². The first-order valence-corrected chi connectivity index (χ1v) is 4.45. The lowest BCUT2D eigenvalue weighted by Crippen LogP contribution is -2.17. The Morgan fingerprint density at radius 3 is 2.90 bits per heavy atom. The lowest BCUT2D eigenvalue weighted by molar-refractivity contribution is 1.35. The average molecular weight is 189 g/mol. The van der Waals surface area contributed by atoms with Crippen molar-refractivity contribution in [2.45, 2.75) is 0 Å². The highest BCUT2D eigenvalue weighted by molar-refractivity contribution is 8.11. The van der Waals surface area contributed by atoms with Gasteiger partial charge in [0.2, 0.25) is 0 Å². The van der Waals surface area contributed by atoms with Gasteiger partial charge in [0.05, 0.1) is 5.00 Å². The second-order valence-corrected chi connectivity index (χ2v) is 3.83. The van der Waals surface area contributed by atoms with Crippen LogP contribution in [-0.2, 0) is 0 Å². The fraction of sp³-hybridized carbons (Fsp3) is 0.167. The van der Waals surface area contributed by atoms with Crippen molar-refractivity contribution < 1.29 is 0 Å². The number of nitrogens with zero attached hydrogens (tertiary/aromatic N) is 1. The summed E-state index contributed by atoms with van der Waals surface area (Å²) in [4.78, 5) is 1.86. The van der Waals surface area contributed by atoms with E-state index in [-0.39, 0.29) is 0 Å². The minimum absolute atomic E-state index is 0.599. The van der Waals surface area contributed by atoms with Gasteiger partial charge in [0.15, 0.2) is 0 Å². The molecular formula is C6H7NS3. The Morgan fingerprint density at radius 1 is 1.80 bits per heavy atom. The molecule has 0 unspecified atom stereocenters. The molecule has 0 amide bonds. The first kappa shape index (κ1) is 8.04. The molecule has 0 saturated carbocycles. The third-order valence-corrected chi connectivity index (χ3v) is 2.64. The molecule has 0 aliphatic rings. The molecule has 0 aromatic carbocycles. The number of hydrogen-bond donors (Lipinski definition) is 1. The van der Waals surface area contributed by atoms with Gasteiger partial charge in [0.1, 0.15) is 4.32 Å². The van der Waals surface area contributed by atoms with Crippen LogP contribution in [0.15, 0.2) is 17.5 Å². The molecule has 0 saturated heterocycles. The standard InChI is InChI=1S/C6H7NS3/c1-7(6(8)9)5-3-2-4-10-5/h2-4H,1H3,(H,8,9). The number of thiocarbonyl (C=S) groups is 1. The summed E-state index contributed by atoms with van der Waals surface area (Å²) in [6, 6.07) is 4.00. The number of rotatable bonds is 1. The topological polar surface area (TPSA) is 3.24 Å². The molecule has 10 heavy (non-hydrogen) atoms. The third kappa shape index (κ3) is 1.71. The largest absolute Gasteiger partial charge is 0.322 e. The van der Waals surface area contributed by atoms with Crippen LogP contribution in [0.1, 0.15) is 0 Å². The number of thiophene rings is 1. The molecule has 0 fully saturated rings. The van der Waals surface area contributed by atoms with Gasteiger partial charge in [0.25, 0.3) is 0 Å². The van der Waals surface area contributed by atoms with E-state index < -0.39 is 0 Å².